The van der Waals surface area contributed by atoms with E-state index >= 15 is 0 Å². The van der Waals surface area contributed by atoms with Gasteiger partial charge in [0.15, 0.2) is 0 Å². The number of nitrogens with zero attached hydrogens (tertiary/aromatic N) is 4. The molecule has 3 heterocycles. The van der Waals surface area contributed by atoms with Crippen LogP contribution in [0.3, 0.4) is 0 Å². The molecule has 12 heteroatoms. The summed E-state index contributed by atoms with van der Waals surface area (Å²) >= 11 is 0. The molecule has 244 valence electrons. The van der Waals surface area contributed by atoms with Crippen LogP contribution in [0.2, 0.25) is 0 Å². The fourth-order valence-corrected chi connectivity index (χ4v) is 6.87. The number of amides is 3. The molecule has 3 saturated heterocycles. The second-order valence-electron chi connectivity index (χ2n) is 13.9. The summed E-state index contributed by atoms with van der Waals surface area (Å²) < 4.78 is 50.0. The number of carbonyl (C=O) groups is 3. The molecule has 0 radical (unpaired) electrons. The molecule has 4 fully saturated rings. The summed E-state index contributed by atoms with van der Waals surface area (Å²) in [6.07, 6.45) is -0.217. The average molecular weight is 623 g/mol. The minimum Gasteiger partial charge on any atom is -0.444 e. The molecule has 3 amide bonds. The van der Waals surface area contributed by atoms with Crippen LogP contribution in [0.4, 0.5) is 22.8 Å². The molecule has 9 nitrogen and oxygen atoms in total. The summed E-state index contributed by atoms with van der Waals surface area (Å²) in [6.45, 7) is 10.7. The van der Waals surface area contributed by atoms with Crippen LogP contribution in [0.1, 0.15) is 70.4 Å². The number of hydrogen-bond donors (Lipinski definition) is 0. The molecule has 0 unspecified atom stereocenters. The molecule has 1 spiro atoms. The van der Waals surface area contributed by atoms with E-state index in [-0.39, 0.29) is 24.0 Å². The fraction of sp³-hybridized carbons (Fsp3) is 0.719. The van der Waals surface area contributed by atoms with Crippen molar-refractivity contribution in [3.05, 3.63) is 35.4 Å². The van der Waals surface area contributed by atoms with Crippen LogP contribution in [0.25, 0.3) is 0 Å². The quantitative estimate of drug-likeness (QED) is 0.439. The van der Waals surface area contributed by atoms with Gasteiger partial charge in [-0.1, -0.05) is 12.1 Å². The largest absolute Gasteiger partial charge is 0.444 e. The van der Waals surface area contributed by atoms with Crippen molar-refractivity contribution in [3.8, 4) is 0 Å². The van der Waals surface area contributed by atoms with Crippen molar-refractivity contribution < 1.29 is 37.0 Å². The van der Waals surface area contributed by atoms with Crippen molar-refractivity contribution in [1.82, 2.24) is 19.6 Å². The third-order valence-corrected chi connectivity index (χ3v) is 9.41. The zero-order chi connectivity index (χ0) is 31.7. The first-order valence-electron chi connectivity index (χ1n) is 15.8. The van der Waals surface area contributed by atoms with E-state index in [4.69, 9.17) is 9.47 Å². The zero-order valence-corrected chi connectivity index (χ0v) is 26.0. The lowest BCUT2D eigenvalue weighted by molar-refractivity contribution is -0.139. The van der Waals surface area contributed by atoms with E-state index < -0.39 is 22.9 Å². The van der Waals surface area contributed by atoms with Crippen LogP contribution in [-0.2, 0) is 27.0 Å². The van der Waals surface area contributed by atoms with Gasteiger partial charge in [-0.3, -0.25) is 9.69 Å². The topological polar surface area (TPSA) is 82.6 Å². The number of piperazine rings is 1. The molecular weight excluding hydrogens is 577 g/mol. The summed E-state index contributed by atoms with van der Waals surface area (Å²) in [4.78, 5) is 46.0. The zero-order valence-electron chi connectivity index (χ0n) is 26.0. The van der Waals surface area contributed by atoms with E-state index in [1.165, 1.54) is 12.1 Å². The lowest BCUT2D eigenvalue weighted by Gasteiger charge is -2.38. The van der Waals surface area contributed by atoms with Gasteiger partial charge in [0.05, 0.1) is 12.1 Å². The van der Waals surface area contributed by atoms with Crippen LogP contribution in [0.15, 0.2) is 24.3 Å². The Balaban J connectivity index is 1.02. The van der Waals surface area contributed by atoms with Crippen LogP contribution < -0.4 is 0 Å². The number of halogens is 3. The van der Waals surface area contributed by atoms with Gasteiger partial charge in [0.2, 0.25) is 5.91 Å². The van der Waals surface area contributed by atoms with E-state index in [0.29, 0.717) is 77.7 Å². The highest BCUT2D eigenvalue weighted by Crippen LogP contribution is 2.37. The Morgan fingerprint density at radius 3 is 2.07 bits per heavy atom. The predicted molar refractivity (Wildman–Crippen MR) is 157 cm³/mol. The lowest BCUT2D eigenvalue weighted by atomic mass is 9.81. The summed E-state index contributed by atoms with van der Waals surface area (Å²) in [5, 5.41) is 0. The maximum Gasteiger partial charge on any atom is 0.416 e. The summed E-state index contributed by atoms with van der Waals surface area (Å²) in [5.41, 5.74) is -0.876. The molecule has 1 aromatic carbocycles. The Bertz CT molecular complexity index is 1180. The molecule has 44 heavy (non-hydrogen) atoms. The Labute approximate surface area is 257 Å². The maximum atomic E-state index is 13.2. The highest BCUT2D eigenvalue weighted by atomic mass is 19.4. The van der Waals surface area contributed by atoms with Crippen molar-refractivity contribution in [1.29, 1.82) is 0 Å². The maximum absolute atomic E-state index is 13.2. The highest BCUT2D eigenvalue weighted by Gasteiger charge is 2.47. The molecule has 3 aliphatic heterocycles. The minimum absolute atomic E-state index is 0.0230. The smallest absolute Gasteiger partial charge is 0.416 e. The van der Waals surface area contributed by atoms with E-state index in [1.54, 1.807) is 4.90 Å². The number of likely N-dealkylation sites (tertiary alicyclic amines) is 1. The van der Waals surface area contributed by atoms with Gasteiger partial charge in [-0.25, -0.2) is 9.59 Å². The highest BCUT2D eigenvalue weighted by molar-refractivity contribution is 5.79. The van der Waals surface area contributed by atoms with E-state index in [1.807, 2.05) is 30.6 Å². The summed E-state index contributed by atoms with van der Waals surface area (Å²) in [7, 11) is 0. The molecule has 1 aliphatic carbocycles. The Hall–Kier alpha value is -3.02. The van der Waals surface area contributed by atoms with Gasteiger partial charge >= 0.3 is 18.4 Å². The van der Waals surface area contributed by atoms with E-state index in [9.17, 15) is 27.6 Å². The van der Waals surface area contributed by atoms with Gasteiger partial charge in [0.25, 0.3) is 0 Å². The van der Waals surface area contributed by atoms with Crippen molar-refractivity contribution >= 4 is 18.1 Å². The third-order valence-electron chi connectivity index (χ3n) is 9.41. The van der Waals surface area contributed by atoms with Gasteiger partial charge in [-0.05, 0) is 70.1 Å². The van der Waals surface area contributed by atoms with Gasteiger partial charge in [0, 0.05) is 71.1 Å². The van der Waals surface area contributed by atoms with Crippen LogP contribution in [-0.4, -0.2) is 101 Å². The molecule has 4 aliphatic rings. The van der Waals surface area contributed by atoms with Gasteiger partial charge in [0.1, 0.15) is 11.2 Å². The van der Waals surface area contributed by atoms with Crippen LogP contribution in [0, 0.1) is 11.8 Å². The third kappa shape index (κ3) is 7.97. The van der Waals surface area contributed by atoms with Crippen LogP contribution in [0.5, 0.6) is 0 Å². The Morgan fingerprint density at radius 1 is 0.909 bits per heavy atom. The number of rotatable bonds is 5. The summed E-state index contributed by atoms with van der Waals surface area (Å²) in [6, 6.07) is 5.30. The minimum atomic E-state index is -4.34. The Morgan fingerprint density at radius 2 is 1.50 bits per heavy atom. The van der Waals surface area contributed by atoms with Gasteiger partial charge in [-0.15, -0.1) is 0 Å². The fourth-order valence-electron chi connectivity index (χ4n) is 6.87. The molecule has 1 aromatic rings. The molecular formula is C32H45F3N4O5. The van der Waals surface area contributed by atoms with Crippen molar-refractivity contribution in [2.45, 2.75) is 83.2 Å². The van der Waals surface area contributed by atoms with E-state index in [0.717, 1.165) is 43.4 Å². The molecule has 0 aromatic heterocycles. The number of carbonyl (C=O) groups excluding carboxylic acids is 3. The second kappa shape index (κ2) is 12.8. The first-order chi connectivity index (χ1) is 20.7. The first kappa shape index (κ1) is 32.4. The van der Waals surface area contributed by atoms with E-state index in [2.05, 4.69) is 4.90 Å². The van der Waals surface area contributed by atoms with Crippen molar-refractivity contribution in [2.75, 3.05) is 52.4 Å². The molecule has 0 bridgehead atoms. The monoisotopic (exact) mass is 622 g/mol. The molecule has 0 N–H and O–H groups in total. The number of piperidine rings is 1. The summed E-state index contributed by atoms with van der Waals surface area (Å²) in [5.74, 6) is 0.464. The number of hydrogen-bond acceptors (Lipinski definition) is 6. The second-order valence-corrected chi connectivity index (χ2v) is 13.9. The molecule has 1 saturated carbocycles. The SMILES string of the molecule is CC(C)(C)OC(=O)N1CCN(C(=O)[C@H]2CC[C@H](CN3CC4(CCN(Cc5ccc(C(F)(F)F)cc5)CC4)OC3=O)CC2)CC1. The van der Waals surface area contributed by atoms with Crippen molar-refractivity contribution in [3.63, 3.8) is 0 Å². The van der Waals surface area contributed by atoms with Crippen LogP contribution >= 0.6 is 0 Å². The normalized spacial score (nSPS) is 24.9. The van der Waals surface area contributed by atoms with Crippen molar-refractivity contribution in [2.24, 2.45) is 11.8 Å². The number of alkyl halides is 3. The molecule has 0 atom stereocenters. The number of ether oxygens (including phenoxy) is 2. The molecule has 5 rings (SSSR count). The predicted octanol–water partition coefficient (Wildman–Crippen LogP) is 5.38. The Kier molecular flexibility index (Phi) is 9.39. The standard InChI is InChI=1S/C32H45F3N4O5/c1-30(2,3)43-28(41)38-18-16-37(17-19-38)27(40)25-8-4-24(5-9-25)21-39-22-31(44-29(39)42)12-14-36(15-13-31)20-23-6-10-26(11-7-23)32(33,34)35/h6-7,10-11,24-25H,4-5,8-9,12-22H2,1-3H3/t24-,25-. The van der Waals surface area contributed by atoms with Gasteiger partial charge in [-0.2, -0.15) is 13.2 Å². The average Bonchev–Trinajstić information content (AvgIpc) is 3.27. The van der Waals surface area contributed by atoms with Gasteiger partial charge < -0.3 is 24.2 Å². The lowest BCUT2D eigenvalue weighted by Crippen LogP contribution is -2.53. The first-order valence-corrected chi connectivity index (χ1v) is 15.8. The number of benzene rings is 1.